The van der Waals surface area contributed by atoms with E-state index < -0.39 is 0 Å². The Morgan fingerprint density at radius 3 is 2.56 bits per heavy atom. The molecule has 0 saturated carbocycles. The van der Waals surface area contributed by atoms with Crippen LogP contribution >= 0.6 is 11.8 Å². The highest BCUT2D eigenvalue weighted by Gasteiger charge is 2.25. The first kappa shape index (κ1) is 11.0. The zero-order valence-corrected chi connectivity index (χ0v) is 9.99. The molecule has 3 nitrogen and oxygen atoms in total. The Hall–Kier alpha value is -1.55. The number of amides is 1. The number of likely N-dealkylation sites (N-methyl/N-ethyl adjacent to an activating group) is 1. The number of nitrogens with zero attached hydrogens (tertiary/aromatic N) is 2. The van der Waals surface area contributed by atoms with Crippen molar-refractivity contribution in [1.29, 1.82) is 0 Å². The number of aliphatic imine (C=N–C) groups is 1. The first-order chi connectivity index (χ1) is 7.72. The summed E-state index contributed by atoms with van der Waals surface area (Å²) in [6, 6.07) is 9.77. The second-order valence-electron chi connectivity index (χ2n) is 3.40. The van der Waals surface area contributed by atoms with Crippen molar-refractivity contribution in [2.24, 2.45) is 4.99 Å². The quantitative estimate of drug-likeness (QED) is 0.696. The highest BCUT2D eigenvalue weighted by atomic mass is 32.2. The number of rotatable bonds is 1. The lowest BCUT2D eigenvalue weighted by molar-refractivity contribution is -0.114. The van der Waals surface area contributed by atoms with Crippen molar-refractivity contribution in [2.45, 2.75) is 0 Å². The lowest BCUT2D eigenvalue weighted by Gasteiger charge is -2.12. The van der Waals surface area contributed by atoms with Crippen LogP contribution in [-0.2, 0) is 4.79 Å². The summed E-state index contributed by atoms with van der Waals surface area (Å²) >= 11 is 1.47. The van der Waals surface area contributed by atoms with Crippen molar-refractivity contribution in [2.75, 3.05) is 13.3 Å². The number of carbonyl (C=O) groups excluding carboxylic acids is 1. The average Bonchev–Trinajstić information content (AvgIpc) is 2.58. The Morgan fingerprint density at radius 2 is 2.00 bits per heavy atom. The number of amidine groups is 1. The summed E-state index contributed by atoms with van der Waals surface area (Å²) < 4.78 is 0. The molecule has 0 aromatic heterocycles. The maximum Gasteiger partial charge on any atom is 0.296 e. The van der Waals surface area contributed by atoms with Crippen molar-refractivity contribution in [3.8, 4) is 0 Å². The maximum atomic E-state index is 11.6. The molecule has 0 N–H and O–H groups in total. The van der Waals surface area contributed by atoms with Crippen LogP contribution in [0.25, 0.3) is 6.08 Å². The summed E-state index contributed by atoms with van der Waals surface area (Å²) in [5.41, 5.74) is 1.63. The number of hydrogen-bond donors (Lipinski definition) is 0. The van der Waals surface area contributed by atoms with Crippen LogP contribution in [0.4, 0.5) is 0 Å². The van der Waals surface area contributed by atoms with Crippen LogP contribution in [-0.4, -0.2) is 29.3 Å². The van der Waals surface area contributed by atoms with Gasteiger partial charge in [-0.05, 0) is 17.9 Å². The van der Waals surface area contributed by atoms with E-state index in [9.17, 15) is 4.79 Å². The molecule has 1 aromatic carbocycles. The smallest absolute Gasteiger partial charge is 0.296 e. The molecule has 4 heteroatoms. The van der Waals surface area contributed by atoms with E-state index in [-0.39, 0.29) is 5.91 Å². The molecule has 0 atom stereocenters. The Labute approximate surface area is 98.9 Å². The van der Waals surface area contributed by atoms with Gasteiger partial charge in [-0.15, -0.1) is 0 Å². The highest BCUT2D eigenvalue weighted by Crippen LogP contribution is 2.21. The maximum absolute atomic E-state index is 11.6. The van der Waals surface area contributed by atoms with Gasteiger partial charge in [0, 0.05) is 7.05 Å². The Morgan fingerprint density at radius 1 is 1.31 bits per heavy atom. The van der Waals surface area contributed by atoms with E-state index in [2.05, 4.69) is 4.99 Å². The molecule has 0 bridgehead atoms. The first-order valence-corrected chi connectivity index (χ1v) is 6.12. The predicted octanol–water partition coefficient (Wildman–Crippen LogP) is 2.22. The summed E-state index contributed by atoms with van der Waals surface area (Å²) in [6.07, 6.45) is 3.77. The molecular weight excluding hydrogens is 220 g/mol. The van der Waals surface area contributed by atoms with Crippen molar-refractivity contribution in [1.82, 2.24) is 4.90 Å². The molecule has 0 radical (unpaired) electrons. The SMILES string of the molecule is CSC1=NC(=O)C(=Cc2ccccc2)N1C. The molecule has 0 saturated heterocycles. The fourth-order valence-electron chi connectivity index (χ4n) is 1.51. The standard InChI is InChI=1S/C12H12N2OS/c1-14-10(11(15)13-12(14)16-2)8-9-6-4-3-5-7-9/h3-8H,1-2H3. The lowest BCUT2D eigenvalue weighted by atomic mass is 10.2. The molecule has 1 aliphatic rings. The summed E-state index contributed by atoms with van der Waals surface area (Å²) in [5.74, 6) is -0.171. The molecule has 0 unspecified atom stereocenters. The third kappa shape index (κ3) is 2.02. The summed E-state index contributed by atoms with van der Waals surface area (Å²) in [5, 5.41) is 0.743. The van der Waals surface area contributed by atoms with Crippen LogP contribution in [0.5, 0.6) is 0 Å². The molecule has 1 aromatic rings. The molecule has 1 amide bonds. The number of benzene rings is 1. The molecule has 0 aliphatic carbocycles. The minimum atomic E-state index is -0.171. The number of hydrogen-bond acceptors (Lipinski definition) is 3. The van der Waals surface area contributed by atoms with Gasteiger partial charge in [-0.2, -0.15) is 4.99 Å². The van der Waals surface area contributed by atoms with Crippen LogP contribution in [0.1, 0.15) is 5.56 Å². The normalized spacial score (nSPS) is 18.1. The van der Waals surface area contributed by atoms with E-state index in [1.165, 1.54) is 11.8 Å². The summed E-state index contributed by atoms with van der Waals surface area (Å²) in [6.45, 7) is 0. The van der Waals surface area contributed by atoms with Crippen LogP contribution < -0.4 is 0 Å². The van der Waals surface area contributed by atoms with Gasteiger partial charge in [0.15, 0.2) is 5.17 Å². The van der Waals surface area contributed by atoms with Crippen molar-refractivity contribution >= 4 is 28.9 Å². The van der Waals surface area contributed by atoms with Crippen LogP contribution in [0.2, 0.25) is 0 Å². The topological polar surface area (TPSA) is 32.7 Å². The molecule has 2 rings (SSSR count). The predicted molar refractivity (Wildman–Crippen MR) is 68.1 cm³/mol. The minimum absolute atomic E-state index is 0.171. The third-order valence-electron chi connectivity index (χ3n) is 2.35. The monoisotopic (exact) mass is 232 g/mol. The molecule has 82 valence electrons. The first-order valence-electron chi connectivity index (χ1n) is 4.90. The molecular formula is C12H12N2OS. The van der Waals surface area contributed by atoms with Gasteiger partial charge in [-0.1, -0.05) is 42.1 Å². The molecule has 0 spiro atoms. The zero-order chi connectivity index (χ0) is 11.5. The van der Waals surface area contributed by atoms with Crippen LogP contribution in [0.3, 0.4) is 0 Å². The van der Waals surface area contributed by atoms with Crippen molar-refractivity contribution in [3.05, 3.63) is 41.6 Å². The molecule has 16 heavy (non-hydrogen) atoms. The van der Waals surface area contributed by atoms with Crippen molar-refractivity contribution in [3.63, 3.8) is 0 Å². The largest absolute Gasteiger partial charge is 0.319 e. The van der Waals surface area contributed by atoms with Gasteiger partial charge in [0.25, 0.3) is 5.91 Å². The summed E-state index contributed by atoms with van der Waals surface area (Å²) in [4.78, 5) is 17.4. The fraction of sp³-hybridized carbons (Fsp3) is 0.167. The van der Waals surface area contributed by atoms with Gasteiger partial charge >= 0.3 is 0 Å². The summed E-state index contributed by atoms with van der Waals surface area (Å²) in [7, 11) is 1.86. The Balaban J connectivity index is 2.31. The van der Waals surface area contributed by atoms with Crippen LogP contribution in [0, 0.1) is 0 Å². The third-order valence-corrected chi connectivity index (χ3v) is 3.08. The lowest BCUT2D eigenvalue weighted by Crippen LogP contribution is -2.18. The van der Waals surface area contributed by atoms with Crippen molar-refractivity contribution < 1.29 is 4.79 Å². The second kappa shape index (κ2) is 4.53. The molecule has 1 heterocycles. The van der Waals surface area contributed by atoms with E-state index in [0.29, 0.717) is 5.70 Å². The fourth-order valence-corrected chi connectivity index (χ4v) is 2.06. The minimum Gasteiger partial charge on any atom is -0.319 e. The molecule has 1 aliphatic heterocycles. The van der Waals surface area contributed by atoms with Gasteiger partial charge < -0.3 is 4.90 Å². The van der Waals surface area contributed by atoms with E-state index in [1.807, 2.05) is 54.6 Å². The van der Waals surface area contributed by atoms with Crippen LogP contribution in [0.15, 0.2) is 41.0 Å². The molecule has 0 fully saturated rings. The second-order valence-corrected chi connectivity index (χ2v) is 4.18. The Bertz CT molecular complexity index is 465. The van der Waals surface area contributed by atoms with Gasteiger partial charge in [0.1, 0.15) is 5.70 Å². The number of thioether (sulfide) groups is 1. The average molecular weight is 232 g/mol. The van der Waals surface area contributed by atoms with Gasteiger partial charge in [-0.25, -0.2) is 0 Å². The zero-order valence-electron chi connectivity index (χ0n) is 9.18. The Kier molecular flexibility index (Phi) is 3.10. The highest BCUT2D eigenvalue weighted by molar-refractivity contribution is 8.13. The van der Waals surface area contributed by atoms with E-state index >= 15 is 0 Å². The van der Waals surface area contributed by atoms with E-state index in [0.717, 1.165) is 10.7 Å². The van der Waals surface area contributed by atoms with Gasteiger partial charge in [0.05, 0.1) is 0 Å². The number of carbonyl (C=O) groups is 1. The van der Waals surface area contributed by atoms with Gasteiger partial charge in [0.2, 0.25) is 0 Å². The van der Waals surface area contributed by atoms with E-state index in [4.69, 9.17) is 0 Å². The van der Waals surface area contributed by atoms with E-state index in [1.54, 1.807) is 0 Å². The van der Waals surface area contributed by atoms with Gasteiger partial charge in [-0.3, -0.25) is 4.79 Å².